The molecule has 0 saturated heterocycles. The van der Waals surface area contributed by atoms with Crippen LogP contribution in [0, 0.1) is 34.5 Å². The van der Waals surface area contributed by atoms with E-state index in [1.54, 1.807) is 6.92 Å². The highest BCUT2D eigenvalue weighted by molar-refractivity contribution is 5.79. The van der Waals surface area contributed by atoms with Crippen molar-refractivity contribution in [2.75, 3.05) is 0 Å². The largest absolute Gasteiger partial charge is 0.462 e. The molecule has 0 bridgehead atoms. The van der Waals surface area contributed by atoms with Gasteiger partial charge in [0.2, 0.25) is 0 Å². The van der Waals surface area contributed by atoms with Crippen LogP contribution < -0.4 is 0 Å². The number of rotatable bonds is 2. The number of carbonyl (C=O) groups excluding carboxylic acids is 2. The molecule has 0 spiro atoms. The van der Waals surface area contributed by atoms with E-state index in [0.29, 0.717) is 30.0 Å². The zero-order valence-electron chi connectivity index (χ0n) is 17.4. The molecule has 4 nitrogen and oxygen atoms in total. The third kappa shape index (κ3) is 2.73. The van der Waals surface area contributed by atoms with Gasteiger partial charge in [0.15, 0.2) is 0 Å². The highest BCUT2D eigenvalue weighted by atomic mass is 16.5. The van der Waals surface area contributed by atoms with Crippen LogP contribution in [0.3, 0.4) is 0 Å². The number of esters is 1. The lowest BCUT2D eigenvalue weighted by Gasteiger charge is -2.64. The summed E-state index contributed by atoms with van der Waals surface area (Å²) >= 11 is 0. The Kier molecular flexibility index (Phi) is 4.53. The molecule has 4 aliphatic rings. The van der Waals surface area contributed by atoms with Gasteiger partial charge in [-0.2, -0.15) is 0 Å². The minimum Gasteiger partial charge on any atom is -0.462 e. The van der Waals surface area contributed by atoms with Crippen molar-refractivity contribution in [3.63, 3.8) is 0 Å². The molecule has 0 amide bonds. The topological polar surface area (TPSA) is 63.6 Å². The smallest absolute Gasteiger partial charge is 0.302 e. The Balaban J connectivity index is 1.59. The lowest BCUT2D eigenvalue weighted by molar-refractivity contribution is -0.223. The summed E-state index contributed by atoms with van der Waals surface area (Å²) in [6, 6.07) is 0. The fourth-order valence-corrected chi connectivity index (χ4v) is 8.21. The number of hydrogen-bond acceptors (Lipinski definition) is 4. The molecular weight excluding hydrogens is 340 g/mol. The van der Waals surface area contributed by atoms with E-state index in [2.05, 4.69) is 13.8 Å². The van der Waals surface area contributed by atoms with Gasteiger partial charge in [0, 0.05) is 19.3 Å². The fraction of sp³-hybridized carbons (Fsp3) is 0.913. The van der Waals surface area contributed by atoms with Crippen molar-refractivity contribution in [1.82, 2.24) is 0 Å². The second-order valence-corrected chi connectivity index (χ2v) is 10.6. The van der Waals surface area contributed by atoms with Crippen LogP contribution in [0.4, 0.5) is 0 Å². The van der Waals surface area contributed by atoms with Gasteiger partial charge in [0.25, 0.3) is 0 Å². The molecule has 8 atom stereocenters. The summed E-state index contributed by atoms with van der Waals surface area (Å²) in [6.45, 7) is 7.91. The molecule has 0 heterocycles. The summed E-state index contributed by atoms with van der Waals surface area (Å²) in [6.07, 6.45) is 8.56. The number of ketones is 1. The predicted octanol–water partition coefficient (Wildman–Crippen LogP) is 4.28. The Labute approximate surface area is 163 Å². The van der Waals surface area contributed by atoms with E-state index in [1.807, 2.05) is 0 Å². The van der Waals surface area contributed by atoms with Gasteiger partial charge in [-0.1, -0.05) is 13.8 Å². The molecule has 4 saturated carbocycles. The van der Waals surface area contributed by atoms with E-state index in [-0.39, 0.29) is 28.8 Å². The van der Waals surface area contributed by atoms with E-state index in [9.17, 15) is 14.7 Å². The molecule has 0 aliphatic heterocycles. The van der Waals surface area contributed by atoms with Crippen LogP contribution in [0.1, 0.15) is 85.5 Å². The number of aliphatic hydroxyl groups is 1. The molecule has 4 aliphatic carbocycles. The normalized spacial score (nSPS) is 51.7. The van der Waals surface area contributed by atoms with E-state index in [1.165, 1.54) is 13.3 Å². The Bertz CT molecular complexity index is 644. The minimum absolute atomic E-state index is 0.0950. The average molecular weight is 377 g/mol. The number of hydrogen-bond donors (Lipinski definition) is 1. The molecule has 0 radical (unpaired) electrons. The Morgan fingerprint density at radius 2 is 1.67 bits per heavy atom. The van der Waals surface area contributed by atoms with Crippen LogP contribution in [0.5, 0.6) is 0 Å². The van der Waals surface area contributed by atoms with Crippen LogP contribution in [0.15, 0.2) is 0 Å². The molecular formula is C23H36O4. The maximum absolute atomic E-state index is 12.3. The number of fused-ring (bicyclic) bond motifs is 5. The average Bonchev–Trinajstić information content (AvgIpc) is 2.93. The van der Waals surface area contributed by atoms with Crippen molar-refractivity contribution in [3.05, 3.63) is 0 Å². The number of Topliss-reactive ketones (excluding diaryl/α,β-unsaturated/α-hetero) is 1. The van der Waals surface area contributed by atoms with E-state index < -0.39 is 5.60 Å². The zero-order chi connectivity index (χ0) is 19.6. The third-order valence-electron chi connectivity index (χ3n) is 9.58. The third-order valence-corrected chi connectivity index (χ3v) is 9.58. The van der Waals surface area contributed by atoms with Gasteiger partial charge in [-0.25, -0.2) is 0 Å². The number of ether oxygens (including phenoxy) is 1. The maximum atomic E-state index is 12.3. The maximum Gasteiger partial charge on any atom is 0.302 e. The first-order valence-corrected chi connectivity index (χ1v) is 11.0. The molecule has 0 aromatic rings. The van der Waals surface area contributed by atoms with Crippen LogP contribution >= 0.6 is 0 Å². The van der Waals surface area contributed by atoms with E-state index >= 15 is 0 Å². The second-order valence-electron chi connectivity index (χ2n) is 10.6. The number of carbonyl (C=O) groups is 2. The highest BCUT2D eigenvalue weighted by Gasteiger charge is 2.65. The van der Waals surface area contributed by atoms with Crippen molar-refractivity contribution < 1.29 is 19.4 Å². The molecule has 27 heavy (non-hydrogen) atoms. The Morgan fingerprint density at radius 3 is 2.33 bits per heavy atom. The molecule has 4 heteroatoms. The van der Waals surface area contributed by atoms with Gasteiger partial charge in [-0.05, 0) is 86.9 Å². The van der Waals surface area contributed by atoms with Gasteiger partial charge in [-0.3, -0.25) is 9.59 Å². The lowest BCUT2D eigenvalue weighted by atomic mass is 9.43. The highest BCUT2D eigenvalue weighted by Crippen LogP contribution is 2.68. The van der Waals surface area contributed by atoms with Gasteiger partial charge in [-0.15, -0.1) is 0 Å². The molecule has 152 valence electrons. The van der Waals surface area contributed by atoms with Crippen LogP contribution in [0.25, 0.3) is 0 Å². The van der Waals surface area contributed by atoms with Crippen molar-refractivity contribution in [3.8, 4) is 0 Å². The Morgan fingerprint density at radius 1 is 0.926 bits per heavy atom. The van der Waals surface area contributed by atoms with Crippen molar-refractivity contribution in [2.24, 2.45) is 34.5 Å². The van der Waals surface area contributed by atoms with Crippen molar-refractivity contribution >= 4 is 11.8 Å². The Hall–Kier alpha value is -0.900. The van der Waals surface area contributed by atoms with Crippen LogP contribution in [0.2, 0.25) is 0 Å². The fourth-order valence-electron chi connectivity index (χ4n) is 8.21. The van der Waals surface area contributed by atoms with Gasteiger partial charge in [0.1, 0.15) is 11.9 Å². The van der Waals surface area contributed by atoms with E-state index in [4.69, 9.17) is 4.74 Å². The standard InChI is InChI=1S/C23H36O4/c1-14(24)18-5-6-19-17-8-12-23(26)13-16(27-15(2)25)7-11-22(23,4)20(17)9-10-21(18,19)3/h16-20,26H,5-13H2,1-4H3/t16-,17-,18+,19-,20-,21+,22+,23+/m0/s1. The summed E-state index contributed by atoms with van der Waals surface area (Å²) in [5.41, 5.74) is -0.658. The van der Waals surface area contributed by atoms with Crippen molar-refractivity contribution in [2.45, 2.75) is 97.2 Å². The molecule has 4 rings (SSSR count). The van der Waals surface area contributed by atoms with Gasteiger partial charge in [0.05, 0.1) is 5.60 Å². The van der Waals surface area contributed by atoms with E-state index in [0.717, 1.165) is 44.9 Å². The first-order chi connectivity index (χ1) is 12.6. The first-order valence-electron chi connectivity index (χ1n) is 11.0. The second kappa shape index (κ2) is 6.30. The quantitative estimate of drug-likeness (QED) is 0.731. The predicted molar refractivity (Wildman–Crippen MR) is 103 cm³/mol. The molecule has 4 fully saturated rings. The first kappa shape index (κ1) is 19.4. The SMILES string of the molecule is CC(=O)O[C@H]1CC[C@]2(C)[C@H]3CC[C@]4(C)[C@@H](C(C)=O)CC[C@H]4[C@@H]3CC[C@@]2(O)C1. The summed E-state index contributed by atoms with van der Waals surface area (Å²) in [4.78, 5) is 23.6. The monoisotopic (exact) mass is 376 g/mol. The summed E-state index contributed by atoms with van der Waals surface area (Å²) in [5.74, 6) is 2.14. The molecule has 1 N–H and O–H groups in total. The summed E-state index contributed by atoms with van der Waals surface area (Å²) < 4.78 is 5.48. The van der Waals surface area contributed by atoms with Crippen LogP contribution in [-0.4, -0.2) is 28.6 Å². The zero-order valence-corrected chi connectivity index (χ0v) is 17.4. The summed E-state index contributed by atoms with van der Waals surface area (Å²) in [5, 5.41) is 11.7. The van der Waals surface area contributed by atoms with Crippen LogP contribution in [-0.2, 0) is 14.3 Å². The minimum atomic E-state index is -0.723. The lowest BCUT2D eigenvalue weighted by Crippen LogP contribution is -2.63. The molecule has 0 aromatic heterocycles. The summed E-state index contributed by atoms with van der Waals surface area (Å²) in [7, 11) is 0. The molecule has 0 aromatic carbocycles. The van der Waals surface area contributed by atoms with Gasteiger partial charge < -0.3 is 9.84 Å². The molecule has 0 unspecified atom stereocenters. The van der Waals surface area contributed by atoms with Crippen molar-refractivity contribution in [1.29, 1.82) is 0 Å². The van der Waals surface area contributed by atoms with Gasteiger partial charge >= 0.3 is 5.97 Å².